The van der Waals surface area contributed by atoms with Gasteiger partial charge in [-0.05, 0) is 71.8 Å². The maximum atomic E-state index is 14.4. The van der Waals surface area contributed by atoms with Crippen LogP contribution in [0.4, 0.5) is 0 Å². The number of primary amides is 1. The first-order valence-corrected chi connectivity index (χ1v) is 30.7. The van der Waals surface area contributed by atoms with Crippen LogP contribution in [0.15, 0.2) is 18.2 Å². The third-order valence-corrected chi connectivity index (χ3v) is 17.5. The standard InChI is InChI=1S/C63H84N6O23/c1-29-11-9-14-35-49(29)57(84)52-51(55(35)82)56(83)36-23-63(89,25-42(50(36)58(52)85)92-48-21-37(64)54(81)31(3)91-48)43(75)28-90-61(88)62(4,5)24-41(74)38(27-71)68-59(86)33(16-17-44(65)76)19-40(73)53(32-12-7-6-8-13-32)69-60(87)34(26-70)20-39(72)30(2)67-46(78)22-45(77)66-18-10-15-47(79)80/h9,11,14,30-34,37-38,42,48,53-54,70-71,81,83,85,89H,6-8,10,12-13,15-28,64H2,1-5H3,(H2,65,76)(H,66,77)(H,67,78)(H,68,86)(H,69,87)(H,79,80)/t30-,31?,33+,34-,37?,38-,42-,48?,53-,54?,63-/m0/s1. The summed E-state index contributed by atoms with van der Waals surface area (Å²) in [6.45, 7) is 3.75. The van der Waals surface area contributed by atoms with Crippen LogP contribution in [-0.4, -0.2) is 187 Å². The average Bonchev–Trinajstić information content (AvgIpc) is 0.713. The van der Waals surface area contributed by atoms with Crippen LogP contribution in [0, 0.1) is 30.1 Å². The molecule has 2 aromatic carbocycles. The van der Waals surface area contributed by atoms with Gasteiger partial charge in [-0.25, -0.2) is 0 Å². The summed E-state index contributed by atoms with van der Waals surface area (Å²) < 4.78 is 17.5. The number of carbonyl (C=O) groups excluding carboxylic acids is 12. The van der Waals surface area contributed by atoms with Gasteiger partial charge in [-0.15, -0.1) is 0 Å². The lowest BCUT2D eigenvalue weighted by Crippen LogP contribution is -2.53. The number of rotatable bonds is 32. The summed E-state index contributed by atoms with van der Waals surface area (Å²) in [5.41, 5.74) is 5.68. The first-order valence-electron chi connectivity index (χ1n) is 30.7. The first kappa shape index (κ1) is 73.1. The van der Waals surface area contributed by atoms with Crippen molar-refractivity contribution in [3.63, 3.8) is 0 Å². The van der Waals surface area contributed by atoms with Crippen LogP contribution in [-0.2, 0) is 73.4 Å². The topological polar surface area (TPSA) is 491 Å². The minimum Gasteiger partial charge on any atom is -0.507 e. The van der Waals surface area contributed by atoms with Gasteiger partial charge in [0.1, 0.15) is 29.6 Å². The molecule has 0 bridgehead atoms. The van der Waals surface area contributed by atoms with E-state index in [2.05, 4.69) is 21.3 Å². The number of amides is 5. The van der Waals surface area contributed by atoms with Crippen LogP contribution < -0.4 is 32.7 Å². The summed E-state index contributed by atoms with van der Waals surface area (Å²) in [4.78, 5) is 173. The third-order valence-electron chi connectivity index (χ3n) is 17.5. The van der Waals surface area contributed by atoms with Crippen molar-refractivity contribution in [1.29, 1.82) is 0 Å². The summed E-state index contributed by atoms with van der Waals surface area (Å²) in [6.07, 6.45) is -7.14. The monoisotopic (exact) mass is 1290 g/mol. The Morgan fingerprint density at radius 1 is 0.826 bits per heavy atom. The van der Waals surface area contributed by atoms with Gasteiger partial charge in [0.25, 0.3) is 0 Å². The molecule has 0 radical (unpaired) electrons. The number of nitrogens with two attached hydrogens (primary N) is 2. The lowest BCUT2D eigenvalue weighted by Gasteiger charge is -2.42. The van der Waals surface area contributed by atoms with Crippen molar-refractivity contribution in [3.05, 3.63) is 57.1 Å². The van der Waals surface area contributed by atoms with Gasteiger partial charge in [0, 0.05) is 92.1 Å². The number of Topliss-reactive ketones (excluding diaryl/α,β-unsaturated/α-hetero) is 4. The number of phenols is 2. The number of aromatic hydroxyl groups is 2. The highest BCUT2D eigenvalue weighted by molar-refractivity contribution is 6.31. The van der Waals surface area contributed by atoms with Crippen molar-refractivity contribution in [2.75, 3.05) is 26.4 Å². The van der Waals surface area contributed by atoms with Gasteiger partial charge >= 0.3 is 11.9 Å². The van der Waals surface area contributed by atoms with Crippen LogP contribution in [0.25, 0.3) is 0 Å². The number of carboxylic acid groups (broad SMARTS) is 1. The number of benzene rings is 2. The van der Waals surface area contributed by atoms with Gasteiger partial charge in [0.05, 0.1) is 66.1 Å². The number of carboxylic acids is 1. The van der Waals surface area contributed by atoms with E-state index in [1.807, 2.05) is 0 Å². The van der Waals surface area contributed by atoms with Crippen molar-refractivity contribution < 1.29 is 112 Å². The minimum atomic E-state index is -2.61. The molecule has 4 unspecified atom stereocenters. The number of aryl methyl sites for hydroxylation is 1. The predicted molar refractivity (Wildman–Crippen MR) is 319 cm³/mol. The number of nitrogens with one attached hydrogen (secondary N) is 4. The molecular weight excluding hydrogens is 1210 g/mol. The highest BCUT2D eigenvalue weighted by atomic mass is 16.7. The van der Waals surface area contributed by atoms with E-state index < -0.39 is 241 Å². The molecular formula is C63H84N6O23. The molecule has 15 N–H and O–H groups in total. The fourth-order valence-electron chi connectivity index (χ4n) is 12.2. The molecule has 2 aromatic rings. The molecule has 29 nitrogen and oxygen atoms in total. The van der Waals surface area contributed by atoms with Crippen molar-refractivity contribution in [2.24, 2.45) is 34.6 Å². The van der Waals surface area contributed by atoms with Crippen LogP contribution in [0.5, 0.6) is 11.5 Å². The van der Waals surface area contributed by atoms with Crippen LogP contribution in [0.1, 0.15) is 179 Å². The molecule has 11 atom stereocenters. The zero-order valence-electron chi connectivity index (χ0n) is 52.0. The molecule has 1 aliphatic heterocycles. The fraction of sp³-hybridized carbons (Fsp3) is 0.603. The maximum absolute atomic E-state index is 14.4. The van der Waals surface area contributed by atoms with Gasteiger partial charge in [-0.3, -0.25) is 62.3 Å². The number of fused-ring (bicyclic) bond motifs is 3. The lowest BCUT2D eigenvalue weighted by atomic mass is 9.71. The second kappa shape index (κ2) is 31.6. The Kier molecular flexibility index (Phi) is 25.1. The van der Waals surface area contributed by atoms with E-state index in [1.165, 1.54) is 39.8 Å². The van der Waals surface area contributed by atoms with E-state index in [1.54, 1.807) is 13.0 Å². The number of aliphatic carboxylic acids is 1. The smallest absolute Gasteiger partial charge is 0.312 e. The zero-order valence-corrected chi connectivity index (χ0v) is 52.0. The number of esters is 1. The van der Waals surface area contributed by atoms with Gasteiger partial charge in [0.15, 0.2) is 41.8 Å². The molecule has 504 valence electrons. The lowest BCUT2D eigenvalue weighted by molar-refractivity contribution is -0.247. The Morgan fingerprint density at radius 2 is 1.48 bits per heavy atom. The van der Waals surface area contributed by atoms with E-state index in [4.69, 9.17) is 30.8 Å². The largest absolute Gasteiger partial charge is 0.507 e. The minimum absolute atomic E-state index is 0.00731. The molecule has 1 heterocycles. The Bertz CT molecular complexity index is 3200. The molecule has 0 spiro atoms. The predicted octanol–water partition coefficient (Wildman–Crippen LogP) is -0.336. The van der Waals surface area contributed by atoms with E-state index in [9.17, 15) is 93.0 Å². The van der Waals surface area contributed by atoms with Gasteiger partial charge in [-0.1, -0.05) is 37.5 Å². The van der Waals surface area contributed by atoms with Crippen molar-refractivity contribution in [2.45, 2.75) is 192 Å². The van der Waals surface area contributed by atoms with Crippen molar-refractivity contribution in [3.8, 4) is 11.5 Å². The molecule has 5 amide bonds. The fourth-order valence-corrected chi connectivity index (χ4v) is 12.2. The molecule has 29 heteroatoms. The van der Waals surface area contributed by atoms with Crippen LogP contribution >= 0.6 is 0 Å². The van der Waals surface area contributed by atoms with Gasteiger partial charge < -0.3 is 82.7 Å². The summed E-state index contributed by atoms with van der Waals surface area (Å²) >= 11 is 0. The number of hydrogen-bond donors (Lipinski definition) is 13. The molecule has 0 aromatic heterocycles. The number of aliphatic hydroxyl groups excluding tert-OH is 3. The second-order valence-corrected chi connectivity index (χ2v) is 25.1. The molecule has 92 heavy (non-hydrogen) atoms. The Balaban J connectivity index is 1.12. The van der Waals surface area contributed by atoms with E-state index in [0.29, 0.717) is 31.2 Å². The average molecular weight is 1290 g/mol. The highest BCUT2D eigenvalue weighted by Gasteiger charge is 2.51. The van der Waals surface area contributed by atoms with Crippen LogP contribution in [0.2, 0.25) is 0 Å². The maximum Gasteiger partial charge on any atom is 0.312 e. The second-order valence-electron chi connectivity index (χ2n) is 25.1. The number of phenolic OH excluding ortho intramolecular Hbond substituents is 2. The van der Waals surface area contributed by atoms with Crippen molar-refractivity contribution in [1.82, 2.24) is 21.3 Å². The van der Waals surface area contributed by atoms with E-state index in [0.717, 1.165) is 6.42 Å². The number of hydrogen-bond acceptors (Lipinski definition) is 23. The normalized spacial score (nSPS) is 22.1. The van der Waals surface area contributed by atoms with Gasteiger partial charge in [-0.2, -0.15) is 0 Å². The summed E-state index contributed by atoms with van der Waals surface area (Å²) in [5.74, 6) is -16.8. The molecule has 1 saturated carbocycles. The van der Waals surface area contributed by atoms with Gasteiger partial charge in [0.2, 0.25) is 35.3 Å². The SMILES string of the molecule is Cc1cccc2c1C(=O)c1c(O)c3c(c(O)c1C2=O)C[C@@](O)(C(=O)COC(=O)C(C)(C)CC(=O)[C@H](CO)NC(=O)[C@H](CCC(N)=O)CC(=O)[C@@H](NC(=O)[C@H](CO)CC(=O)[C@H](C)NC(=O)CC(=O)NCCCC(=O)O)C1CCCCC1)C[C@@H]3OC1CC(N)C(O)C(C)O1. The molecule has 3 aliphatic carbocycles. The number of carbonyl (C=O) groups is 13. The third kappa shape index (κ3) is 17.8. The summed E-state index contributed by atoms with van der Waals surface area (Å²) in [5, 5.41) is 85.9. The molecule has 2 fully saturated rings. The summed E-state index contributed by atoms with van der Waals surface area (Å²) in [6, 6.07) is -0.710. The van der Waals surface area contributed by atoms with E-state index >= 15 is 0 Å². The Labute approximate surface area is 529 Å². The zero-order chi connectivity index (χ0) is 68.3. The quantitative estimate of drug-likeness (QED) is 0.0165. The highest BCUT2D eigenvalue weighted by Crippen LogP contribution is 2.52. The Hall–Kier alpha value is -7.93. The molecule has 1 saturated heterocycles. The summed E-state index contributed by atoms with van der Waals surface area (Å²) in [7, 11) is 0. The van der Waals surface area contributed by atoms with E-state index in [-0.39, 0.29) is 54.5 Å². The number of ether oxygens (including phenoxy) is 3. The first-order chi connectivity index (χ1) is 43.2. The van der Waals surface area contributed by atoms with Crippen LogP contribution in [0.3, 0.4) is 0 Å². The number of aliphatic hydroxyl groups is 4. The number of ketones is 6. The Morgan fingerprint density at radius 3 is 2.11 bits per heavy atom. The molecule has 4 aliphatic rings. The molecule has 6 rings (SSSR count). The van der Waals surface area contributed by atoms with Crippen molar-refractivity contribution >= 4 is 76.2 Å².